The fraction of sp³-hybridized carbons (Fsp3) is 0.833. The Morgan fingerprint density at radius 2 is 2.05 bits per heavy atom. The number of urea groups is 1. The number of carboxylic acid groups (broad SMARTS) is 1. The average Bonchev–Trinajstić information content (AvgIpc) is 2.36. The molecule has 0 aromatic heterocycles. The van der Waals surface area contributed by atoms with Crippen LogP contribution in [0.2, 0.25) is 0 Å². The lowest BCUT2D eigenvalue weighted by Gasteiger charge is -2.37. The maximum absolute atomic E-state index is 11.6. The molecule has 19 heavy (non-hydrogen) atoms. The van der Waals surface area contributed by atoms with Gasteiger partial charge in [0.25, 0.3) is 0 Å². The first kappa shape index (κ1) is 15.7. The molecule has 1 fully saturated rings. The molecule has 0 bridgehead atoms. The third-order valence-electron chi connectivity index (χ3n) is 3.49. The van der Waals surface area contributed by atoms with E-state index in [2.05, 4.69) is 27.5 Å². The van der Waals surface area contributed by atoms with Crippen molar-refractivity contribution in [1.29, 1.82) is 0 Å². The van der Waals surface area contributed by atoms with Gasteiger partial charge in [-0.2, -0.15) is 0 Å². The second-order valence-corrected chi connectivity index (χ2v) is 5.05. The first-order chi connectivity index (χ1) is 8.93. The fourth-order valence-electron chi connectivity index (χ4n) is 2.08. The molecule has 0 aliphatic carbocycles. The van der Waals surface area contributed by atoms with Gasteiger partial charge in [-0.1, -0.05) is 6.92 Å². The molecule has 2 amide bonds. The van der Waals surface area contributed by atoms with Crippen molar-refractivity contribution in [3.8, 4) is 0 Å². The van der Waals surface area contributed by atoms with E-state index in [4.69, 9.17) is 5.11 Å². The molecule has 1 heterocycles. The van der Waals surface area contributed by atoms with E-state index in [-0.39, 0.29) is 6.04 Å². The highest BCUT2D eigenvalue weighted by atomic mass is 16.4. The lowest BCUT2D eigenvalue weighted by atomic mass is 10.2. The number of carboxylic acids is 1. The second-order valence-electron chi connectivity index (χ2n) is 5.05. The van der Waals surface area contributed by atoms with Crippen LogP contribution in [0.15, 0.2) is 0 Å². The van der Waals surface area contributed by atoms with Gasteiger partial charge < -0.3 is 20.6 Å². The largest absolute Gasteiger partial charge is 0.480 e. The Labute approximate surface area is 113 Å². The van der Waals surface area contributed by atoms with Crippen LogP contribution in [0.3, 0.4) is 0 Å². The Morgan fingerprint density at radius 1 is 1.37 bits per heavy atom. The lowest BCUT2D eigenvalue weighted by Crippen LogP contribution is -2.56. The molecule has 0 radical (unpaired) electrons. The van der Waals surface area contributed by atoms with Gasteiger partial charge in [-0.05, 0) is 20.5 Å². The molecule has 3 N–H and O–H groups in total. The predicted molar refractivity (Wildman–Crippen MR) is 72.2 cm³/mol. The van der Waals surface area contributed by atoms with Crippen LogP contribution in [0.5, 0.6) is 0 Å². The molecule has 7 nitrogen and oxygen atoms in total. The Hall–Kier alpha value is -1.34. The number of piperazine rings is 1. The summed E-state index contributed by atoms with van der Waals surface area (Å²) in [5.74, 6) is -1.01. The van der Waals surface area contributed by atoms with E-state index >= 15 is 0 Å². The molecule has 110 valence electrons. The lowest BCUT2D eigenvalue weighted by molar-refractivity contribution is -0.139. The number of hydrogen-bond acceptors (Lipinski definition) is 4. The minimum absolute atomic E-state index is 0.259. The second kappa shape index (κ2) is 7.30. The van der Waals surface area contributed by atoms with E-state index in [1.807, 2.05) is 7.05 Å². The van der Waals surface area contributed by atoms with E-state index in [0.717, 1.165) is 19.6 Å². The van der Waals surface area contributed by atoms with Gasteiger partial charge in [0.05, 0.1) is 0 Å². The van der Waals surface area contributed by atoms with Gasteiger partial charge in [-0.3, -0.25) is 4.90 Å². The number of carbonyl (C=O) groups excluding carboxylic acids is 1. The molecule has 0 spiro atoms. The van der Waals surface area contributed by atoms with Crippen LogP contribution < -0.4 is 10.6 Å². The summed E-state index contributed by atoms with van der Waals surface area (Å²) in [6.07, 6.45) is 0.370. The van der Waals surface area contributed by atoms with Crippen LogP contribution in [0.4, 0.5) is 4.79 Å². The third kappa shape index (κ3) is 5.04. The normalized spacial score (nSPS) is 22.8. The zero-order valence-corrected chi connectivity index (χ0v) is 11.8. The number of likely N-dealkylation sites (N-methyl/N-ethyl adjacent to an activating group) is 2. The smallest absolute Gasteiger partial charge is 0.326 e. The number of nitrogens with zero attached hydrogens (tertiary/aromatic N) is 2. The quantitative estimate of drug-likeness (QED) is 0.622. The zero-order chi connectivity index (χ0) is 14.4. The van der Waals surface area contributed by atoms with Crippen molar-refractivity contribution in [2.24, 2.45) is 0 Å². The minimum Gasteiger partial charge on any atom is -0.480 e. The van der Waals surface area contributed by atoms with Gasteiger partial charge in [-0.15, -0.1) is 0 Å². The molecule has 0 aromatic carbocycles. The average molecular weight is 272 g/mol. The summed E-state index contributed by atoms with van der Waals surface area (Å²) >= 11 is 0. The molecule has 0 aromatic rings. The van der Waals surface area contributed by atoms with Crippen LogP contribution in [-0.2, 0) is 4.79 Å². The van der Waals surface area contributed by atoms with Crippen molar-refractivity contribution < 1.29 is 14.7 Å². The number of nitrogens with one attached hydrogen (secondary N) is 2. The first-order valence-corrected chi connectivity index (χ1v) is 6.60. The van der Waals surface area contributed by atoms with E-state index < -0.39 is 18.0 Å². The Kier molecular flexibility index (Phi) is 6.04. The monoisotopic (exact) mass is 272 g/mol. The van der Waals surface area contributed by atoms with Crippen LogP contribution >= 0.6 is 0 Å². The molecule has 7 heteroatoms. The summed E-state index contributed by atoms with van der Waals surface area (Å²) in [5, 5.41) is 14.0. The highest BCUT2D eigenvalue weighted by molar-refractivity contribution is 5.82. The zero-order valence-electron chi connectivity index (χ0n) is 11.8. The van der Waals surface area contributed by atoms with Gasteiger partial charge >= 0.3 is 12.0 Å². The van der Waals surface area contributed by atoms with E-state index in [9.17, 15) is 9.59 Å². The molecule has 0 saturated carbocycles. The third-order valence-corrected chi connectivity index (χ3v) is 3.49. The molecular weight excluding hydrogens is 248 g/mol. The molecule has 1 aliphatic rings. The topological polar surface area (TPSA) is 84.9 Å². The van der Waals surface area contributed by atoms with Gasteiger partial charge in [0, 0.05) is 32.2 Å². The van der Waals surface area contributed by atoms with Crippen molar-refractivity contribution in [2.75, 3.05) is 40.3 Å². The number of carbonyl (C=O) groups is 2. The van der Waals surface area contributed by atoms with Crippen molar-refractivity contribution in [3.05, 3.63) is 0 Å². The molecule has 2 atom stereocenters. The summed E-state index contributed by atoms with van der Waals surface area (Å²) in [6.45, 7) is 5.13. The highest BCUT2D eigenvalue weighted by Gasteiger charge is 2.23. The molecular formula is C12H24N4O3. The van der Waals surface area contributed by atoms with Crippen molar-refractivity contribution in [2.45, 2.75) is 25.4 Å². The van der Waals surface area contributed by atoms with Crippen LogP contribution in [0.25, 0.3) is 0 Å². The van der Waals surface area contributed by atoms with Crippen LogP contribution in [0, 0.1) is 0 Å². The molecule has 1 unspecified atom stereocenters. The first-order valence-electron chi connectivity index (χ1n) is 6.60. The highest BCUT2D eigenvalue weighted by Crippen LogP contribution is 2.04. The van der Waals surface area contributed by atoms with Crippen LogP contribution in [-0.4, -0.2) is 79.3 Å². The molecule has 1 aliphatic heterocycles. The fourth-order valence-corrected chi connectivity index (χ4v) is 2.08. The van der Waals surface area contributed by atoms with Crippen molar-refractivity contribution in [1.82, 2.24) is 20.4 Å². The van der Waals surface area contributed by atoms with E-state index in [1.165, 1.54) is 0 Å². The summed E-state index contributed by atoms with van der Waals surface area (Å²) in [5.41, 5.74) is 0. The Bertz CT molecular complexity index is 324. The number of amides is 2. The van der Waals surface area contributed by atoms with Crippen LogP contribution in [0.1, 0.15) is 13.3 Å². The standard InChI is InChI=1S/C12H24N4O3/c1-4-10(11(17)18)14-12(19)13-7-9-8-15(2)5-6-16(9)3/h9-10H,4-8H2,1-3H3,(H,17,18)(H2,13,14,19)/t9?,10-/m1/s1. The minimum atomic E-state index is -1.01. The summed E-state index contributed by atoms with van der Waals surface area (Å²) < 4.78 is 0. The molecule has 1 rings (SSSR count). The summed E-state index contributed by atoms with van der Waals surface area (Å²) in [7, 11) is 4.08. The van der Waals surface area contributed by atoms with E-state index in [0.29, 0.717) is 13.0 Å². The number of rotatable bonds is 5. The van der Waals surface area contributed by atoms with Gasteiger partial charge in [0.1, 0.15) is 6.04 Å². The predicted octanol–water partition coefficient (Wildman–Crippen LogP) is -0.605. The van der Waals surface area contributed by atoms with Crippen molar-refractivity contribution in [3.63, 3.8) is 0 Å². The van der Waals surface area contributed by atoms with Gasteiger partial charge in [0.2, 0.25) is 0 Å². The maximum atomic E-state index is 11.6. The number of aliphatic carboxylic acids is 1. The van der Waals surface area contributed by atoms with Crippen molar-refractivity contribution >= 4 is 12.0 Å². The number of hydrogen-bond donors (Lipinski definition) is 3. The Morgan fingerprint density at radius 3 is 2.63 bits per heavy atom. The molecule has 1 saturated heterocycles. The SMILES string of the molecule is CC[C@@H](NC(=O)NCC1CN(C)CCN1C)C(=O)O. The van der Waals surface area contributed by atoms with Gasteiger partial charge in [0.15, 0.2) is 0 Å². The Balaban J connectivity index is 2.34. The summed E-state index contributed by atoms with van der Waals surface area (Å²) in [6, 6.07) is -0.989. The van der Waals surface area contributed by atoms with Gasteiger partial charge in [-0.25, -0.2) is 9.59 Å². The van der Waals surface area contributed by atoms with E-state index in [1.54, 1.807) is 6.92 Å². The summed E-state index contributed by atoms with van der Waals surface area (Å²) in [4.78, 5) is 26.9. The maximum Gasteiger partial charge on any atom is 0.326 e.